The van der Waals surface area contributed by atoms with E-state index >= 15 is 0 Å². The van der Waals surface area contributed by atoms with E-state index in [1.807, 2.05) is 6.92 Å². The summed E-state index contributed by atoms with van der Waals surface area (Å²) in [7, 11) is 0. The zero-order chi connectivity index (χ0) is 10.6. The predicted molar refractivity (Wildman–Crippen MR) is 49.6 cm³/mol. The van der Waals surface area contributed by atoms with E-state index in [4.69, 9.17) is 10.5 Å². The standard InChI is InChI=1S/C8H14N4O2/c1-3-5(9)6-10-7(12-11-6)8(13)14-4-2/h5H,3-4,9H2,1-2H3,(H,10,11,12)/t5-/m1/s1. The molecule has 0 aliphatic heterocycles. The lowest BCUT2D eigenvalue weighted by Gasteiger charge is -2.01. The van der Waals surface area contributed by atoms with Gasteiger partial charge in [-0.2, -0.15) is 0 Å². The van der Waals surface area contributed by atoms with Gasteiger partial charge < -0.3 is 10.5 Å². The van der Waals surface area contributed by atoms with Crippen molar-refractivity contribution >= 4 is 5.97 Å². The second-order valence-electron chi connectivity index (χ2n) is 2.78. The van der Waals surface area contributed by atoms with Crippen LogP contribution < -0.4 is 5.73 Å². The smallest absolute Gasteiger partial charge is 0.378 e. The summed E-state index contributed by atoms with van der Waals surface area (Å²) >= 11 is 0. The van der Waals surface area contributed by atoms with Crippen LogP contribution in [-0.2, 0) is 4.74 Å². The minimum atomic E-state index is -0.529. The normalized spacial score (nSPS) is 12.5. The van der Waals surface area contributed by atoms with E-state index < -0.39 is 5.97 Å². The first-order valence-corrected chi connectivity index (χ1v) is 4.54. The molecule has 0 aliphatic carbocycles. The van der Waals surface area contributed by atoms with Crippen LogP contribution in [0.3, 0.4) is 0 Å². The molecule has 0 bridgehead atoms. The fourth-order valence-electron chi connectivity index (χ4n) is 0.920. The van der Waals surface area contributed by atoms with Gasteiger partial charge in [-0.1, -0.05) is 6.92 Å². The maximum atomic E-state index is 11.2. The minimum Gasteiger partial charge on any atom is -0.460 e. The van der Waals surface area contributed by atoms with Crippen molar-refractivity contribution in [3.63, 3.8) is 0 Å². The number of carbonyl (C=O) groups excluding carboxylic acids is 1. The third-order valence-electron chi connectivity index (χ3n) is 1.75. The first-order valence-electron chi connectivity index (χ1n) is 4.54. The molecule has 78 valence electrons. The second-order valence-corrected chi connectivity index (χ2v) is 2.78. The average molecular weight is 198 g/mol. The Morgan fingerprint density at radius 2 is 2.36 bits per heavy atom. The number of hydrogen-bond donors (Lipinski definition) is 2. The van der Waals surface area contributed by atoms with Crippen LogP contribution in [-0.4, -0.2) is 27.8 Å². The molecule has 0 unspecified atom stereocenters. The van der Waals surface area contributed by atoms with E-state index in [-0.39, 0.29) is 11.9 Å². The highest BCUT2D eigenvalue weighted by molar-refractivity contribution is 5.84. The number of aromatic amines is 1. The number of esters is 1. The molecule has 1 heterocycles. The van der Waals surface area contributed by atoms with Gasteiger partial charge in [0.2, 0.25) is 0 Å². The maximum absolute atomic E-state index is 11.2. The largest absolute Gasteiger partial charge is 0.460 e. The van der Waals surface area contributed by atoms with Crippen LogP contribution in [0.25, 0.3) is 0 Å². The molecule has 1 rings (SSSR count). The number of hydrogen-bond acceptors (Lipinski definition) is 5. The fraction of sp³-hybridized carbons (Fsp3) is 0.625. The van der Waals surface area contributed by atoms with Crippen molar-refractivity contribution < 1.29 is 9.53 Å². The lowest BCUT2D eigenvalue weighted by molar-refractivity contribution is 0.0512. The first kappa shape index (κ1) is 10.6. The molecule has 0 aliphatic rings. The van der Waals surface area contributed by atoms with E-state index in [9.17, 15) is 4.79 Å². The number of aromatic nitrogens is 3. The third kappa shape index (κ3) is 2.29. The topological polar surface area (TPSA) is 93.9 Å². The Balaban J connectivity index is 2.72. The summed E-state index contributed by atoms with van der Waals surface area (Å²) < 4.78 is 4.73. The summed E-state index contributed by atoms with van der Waals surface area (Å²) in [5.41, 5.74) is 5.70. The van der Waals surface area contributed by atoms with E-state index in [2.05, 4.69) is 15.2 Å². The predicted octanol–water partition coefficient (Wildman–Crippen LogP) is 0.391. The van der Waals surface area contributed by atoms with Crippen LogP contribution in [0.5, 0.6) is 0 Å². The van der Waals surface area contributed by atoms with E-state index in [1.165, 1.54) is 0 Å². The number of nitrogens with one attached hydrogen (secondary N) is 1. The van der Waals surface area contributed by atoms with Crippen LogP contribution in [0.1, 0.15) is 42.8 Å². The van der Waals surface area contributed by atoms with Gasteiger partial charge in [0.05, 0.1) is 12.6 Å². The number of rotatable bonds is 4. The zero-order valence-corrected chi connectivity index (χ0v) is 8.28. The maximum Gasteiger partial charge on any atom is 0.378 e. The van der Waals surface area contributed by atoms with E-state index in [0.717, 1.165) is 6.42 Å². The van der Waals surface area contributed by atoms with Crippen molar-refractivity contribution in [2.75, 3.05) is 6.61 Å². The molecule has 3 N–H and O–H groups in total. The van der Waals surface area contributed by atoms with Gasteiger partial charge in [-0.15, -0.1) is 5.10 Å². The van der Waals surface area contributed by atoms with Gasteiger partial charge in [-0.3, -0.25) is 5.10 Å². The number of carbonyl (C=O) groups is 1. The number of ether oxygens (including phenoxy) is 1. The van der Waals surface area contributed by atoms with Crippen molar-refractivity contribution in [1.82, 2.24) is 15.2 Å². The zero-order valence-electron chi connectivity index (χ0n) is 8.28. The van der Waals surface area contributed by atoms with Crippen LogP contribution in [0.15, 0.2) is 0 Å². The highest BCUT2D eigenvalue weighted by Crippen LogP contribution is 2.07. The SMILES string of the molecule is CCOC(=O)c1n[nH]c([C@H](N)CC)n1. The van der Waals surface area contributed by atoms with Crippen molar-refractivity contribution in [3.05, 3.63) is 11.6 Å². The van der Waals surface area contributed by atoms with Crippen LogP contribution in [0.2, 0.25) is 0 Å². The van der Waals surface area contributed by atoms with Crippen molar-refractivity contribution in [2.45, 2.75) is 26.3 Å². The Morgan fingerprint density at radius 3 is 2.93 bits per heavy atom. The van der Waals surface area contributed by atoms with Crippen molar-refractivity contribution in [2.24, 2.45) is 5.73 Å². The second kappa shape index (κ2) is 4.71. The van der Waals surface area contributed by atoms with Gasteiger partial charge in [-0.25, -0.2) is 9.78 Å². The van der Waals surface area contributed by atoms with Gasteiger partial charge in [0.1, 0.15) is 5.82 Å². The molecule has 0 fully saturated rings. The van der Waals surface area contributed by atoms with Crippen molar-refractivity contribution in [3.8, 4) is 0 Å². The highest BCUT2D eigenvalue weighted by atomic mass is 16.5. The van der Waals surface area contributed by atoms with Gasteiger partial charge in [0.15, 0.2) is 0 Å². The summed E-state index contributed by atoms with van der Waals surface area (Å²) in [5, 5.41) is 6.32. The molecule has 1 aromatic heterocycles. The van der Waals surface area contributed by atoms with Crippen LogP contribution in [0.4, 0.5) is 0 Å². The van der Waals surface area contributed by atoms with Gasteiger partial charge in [0.25, 0.3) is 5.82 Å². The molecule has 6 heteroatoms. The number of nitrogens with two attached hydrogens (primary N) is 1. The Bertz CT molecular complexity index is 310. The van der Waals surface area contributed by atoms with Crippen LogP contribution in [0, 0.1) is 0 Å². The fourth-order valence-corrected chi connectivity index (χ4v) is 0.920. The Labute approximate surface area is 81.9 Å². The summed E-state index contributed by atoms with van der Waals surface area (Å²) in [6, 6.07) is -0.217. The van der Waals surface area contributed by atoms with E-state index in [1.54, 1.807) is 6.92 Å². The van der Waals surface area contributed by atoms with Gasteiger partial charge >= 0.3 is 5.97 Å². The molecule has 14 heavy (non-hydrogen) atoms. The lowest BCUT2D eigenvalue weighted by Crippen LogP contribution is -2.11. The molecule has 0 saturated carbocycles. The molecule has 1 aromatic rings. The molecule has 6 nitrogen and oxygen atoms in total. The Kier molecular flexibility index (Phi) is 3.58. The molecule has 0 radical (unpaired) electrons. The Morgan fingerprint density at radius 1 is 1.64 bits per heavy atom. The third-order valence-corrected chi connectivity index (χ3v) is 1.75. The minimum absolute atomic E-state index is 0.0331. The summed E-state index contributed by atoms with van der Waals surface area (Å²) in [6.07, 6.45) is 0.734. The molecule has 0 aromatic carbocycles. The lowest BCUT2D eigenvalue weighted by atomic mass is 10.2. The van der Waals surface area contributed by atoms with Gasteiger partial charge in [0, 0.05) is 0 Å². The molecular weight excluding hydrogens is 184 g/mol. The Hall–Kier alpha value is -1.43. The molecule has 0 spiro atoms. The summed E-state index contributed by atoms with van der Waals surface area (Å²) in [4.78, 5) is 15.1. The quantitative estimate of drug-likeness (QED) is 0.682. The first-order chi connectivity index (χ1) is 6.69. The monoisotopic (exact) mass is 198 g/mol. The average Bonchev–Trinajstić information content (AvgIpc) is 2.66. The number of H-pyrrole nitrogens is 1. The van der Waals surface area contributed by atoms with Gasteiger partial charge in [-0.05, 0) is 13.3 Å². The molecule has 0 saturated heterocycles. The molecule has 1 atom stereocenters. The van der Waals surface area contributed by atoms with Crippen LogP contribution >= 0.6 is 0 Å². The molecular formula is C8H14N4O2. The number of nitrogens with zero attached hydrogens (tertiary/aromatic N) is 2. The summed E-state index contributed by atoms with van der Waals surface area (Å²) in [5.74, 6) is 0.0135. The van der Waals surface area contributed by atoms with Crippen molar-refractivity contribution in [1.29, 1.82) is 0 Å². The summed E-state index contributed by atoms with van der Waals surface area (Å²) in [6.45, 7) is 3.96. The van der Waals surface area contributed by atoms with E-state index in [0.29, 0.717) is 12.4 Å². The molecule has 0 amide bonds. The highest BCUT2D eigenvalue weighted by Gasteiger charge is 2.15.